The Labute approximate surface area is 81.3 Å². The molecule has 0 spiro atoms. The second-order valence-electron chi connectivity index (χ2n) is 3.60. The van der Waals surface area contributed by atoms with Crippen LogP contribution in [0, 0.1) is 10.1 Å². The molecule has 0 bridgehead atoms. The first-order chi connectivity index (χ1) is 6.70. The van der Waals surface area contributed by atoms with E-state index in [9.17, 15) is 15.2 Å². The van der Waals surface area contributed by atoms with Crippen LogP contribution in [0.1, 0.15) is 17.5 Å². The summed E-state index contributed by atoms with van der Waals surface area (Å²) in [6, 6.07) is 7.27. The molecule has 0 heterocycles. The average Bonchev–Trinajstić information content (AvgIpc) is 2.57. The molecule has 0 amide bonds. The molecule has 1 unspecified atom stereocenters. The highest BCUT2D eigenvalue weighted by molar-refractivity contribution is 5.37. The lowest BCUT2D eigenvalue weighted by Gasteiger charge is -2.18. The van der Waals surface area contributed by atoms with Crippen molar-refractivity contribution in [1.29, 1.82) is 0 Å². The van der Waals surface area contributed by atoms with Crippen molar-refractivity contribution in [2.24, 2.45) is 0 Å². The minimum Gasteiger partial charge on any atom is -0.388 e. The summed E-state index contributed by atoms with van der Waals surface area (Å²) >= 11 is 0. The Hall–Kier alpha value is -1.42. The molecule has 1 atom stereocenters. The molecule has 4 nitrogen and oxygen atoms in total. The van der Waals surface area contributed by atoms with Gasteiger partial charge in [-0.3, -0.25) is 10.1 Å². The number of aryl methyl sites for hydroxylation is 1. The van der Waals surface area contributed by atoms with Crippen molar-refractivity contribution in [1.82, 2.24) is 0 Å². The third kappa shape index (κ3) is 1.04. The first-order valence-electron chi connectivity index (χ1n) is 4.54. The number of hydrogen-bond acceptors (Lipinski definition) is 3. The molecule has 1 aliphatic rings. The molecule has 0 radical (unpaired) electrons. The maximum atomic E-state index is 11.0. The number of aliphatic hydroxyl groups excluding tert-OH is 1. The Morgan fingerprint density at radius 3 is 2.86 bits per heavy atom. The molecule has 2 rings (SSSR count). The van der Waals surface area contributed by atoms with Gasteiger partial charge in [-0.05, 0) is 12.0 Å². The molecular formula is C10H11NO3. The van der Waals surface area contributed by atoms with Gasteiger partial charge in [0.2, 0.25) is 0 Å². The van der Waals surface area contributed by atoms with E-state index in [4.69, 9.17) is 0 Å². The van der Waals surface area contributed by atoms with Gasteiger partial charge >= 0.3 is 0 Å². The SMILES string of the molecule is O=[N+]([O-])C1(CO)CCc2ccccc21. The van der Waals surface area contributed by atoms with Crippen LogP contribution in [0.2, 0.25) is 0 Å². The standard InChI is InChI=1S/C10H11NO3/c12-7-10(11(13)14)6-5-8-3-1-2-4-9(8)10/h1-4,12H,5-7H2. The molecule has 0 saturated carbocycles. The molecule has 0 aromatic heterocycles. The number of aliphatic hydroxyl groups is 1. The number of fused-ring (bicyclic) bond motifs is 1. The minimum absolute atomic E-state index is 0.362. The Bertz CT molecular complexity index is 377. The monoisotopic (exact) mass is 193 g/mol. The summed E-state index contributed by atoms with van der Waals surface area (Å²) in [6.45, 7) is -0.420. The molecule has 0 saturated heterocycles. The number of hydrogen-bond donors (Lipinski definition) is 1. The Balaban J connectivity index is 2.55. The predicted molar refractivity (Wildman–Crippen MR) is 50.5 cm³/mol. The summed E-state index contributed by atoms with van der Waals surface area (Å²) in [5, 5.41) is 20.2. The fourth-order valence-electron chi connectivity index (χ4n) is 2.08. The lowest BCUT2D eigenvalue weighted by molar-refractivity contribution is -0.582. The quantitative estimate of drug-likeness (QED) is 0.565. The van der Waals surface area contributed by atoms with Gasteiger partial charge in [-0.25, -0.2) is 0 Å². The third-order valence-corrected chi connectivity index (χ3v) is 2.94. The molecule has 1 N–H and O–H groups in total. The van der Waals surface area contributed by atoms with E-state index in [0.29, 0.717) is 18.4 Å². The summed E-state index contributed by atoms with van der Waals surface area (Å²) in [5.74, 6) is 0. The normalized spacial score (nSPS) is 24.6. The van der Waals surface area contributed by atoms with Gasteiger partial charge in [-0.15, -0.1) is 0 Å². The van der Waals surface area contributed by atoms with E-state index in [1.807, 2.05) is 12.1 Å². The molecule has 4 heteroatoms. The fraction of sp³-hybridized carbons (Fsp3) is 0.400. The Morgan fingerprint density at radius 2 is 2.21 bits per heavy atom. The first-order valence-corrected chi connectivity index (χ1v) is 4.54. The summed E-state index contributed by atoms with van der Waals surface area (Å²) in [5.41, 5.74) is 0.405. The average molecular weight is 193 g/mol. The molecule has 74 valence electrons. The van der Waals surface area contributed by atoms with Crippen LogP contribution in [0.4, 0.5) is 0 Å². The molecule has 1 aliphatic carbocycles. The second kappa shape index (κ2) is 3.06. The van der Waals surface area contributed by atoms with E-state index < -0.39 is 12.1 Å². The zero-order valence-corrected chi connectivity index (χ0v) is 7.64. The highest BCUT2D eigenvalue weighted by atomic mass is 16.6. The topological polar surface area (TPSA) is 63.4 Å². The summed E-state index contributed by atoms with van der Waals surface area (Å²) in [6.07, 6.45) is 1.08. The largest absolute Gasteiger partial charge is 0.388 e. The number of rotatable bonds is 2. The van der Waals surface area contributed by atoms with Gasteiger partial charge < -0.3 is 5.11 Å². The zero-order valence-electron chi connectivity index (χ0n) is 7.64. The summed E-state index contributed by atoms with van der Waals surface area (Å²) in [4.78, 5) is 10.6. The van der Waals surface area contributed by atoms with E-state index in [2.05, 4.69) is 0 Å². The van der Waals surface area contributed by atoms with Crippen LogP contribution in [0.25, 0.3) is 0 Å². The zero-order chi connectivity index (χ0) is 10.2. The first kappa shape index (κ1) is 9.15. The van der Waals surface area contributed by atoms with E-state index in [-0.39, 0.29) is 4.92 Å². The van der Waals surface area contributed by atoms with E-state index in [0.717, 1.165) is 5.56 Å². The number of nitrogens with zero attached hydrogens (tertiary/aromatic N) is 1. The smallest absolute Gasteiger partial charge is 0.270 e. The molecule has 1 aromatic carbocycles. The van der Waals surface area contributed by atoms with Crippen molar-refractivity contribution < 1.29 is 10.0 Å². The van der Waals surface area contributed by atoms with Gasteiger partial charge in [0.25, 0.3) is 5.54 Å². The Kier molecular flexibility index (Phi) is 2.00. The van der Waals surface area contributed by atoms with Crippen molar-refractivity contribution in [3.05, 3.63) is 45.5 Å². The van der Waals surface area contributed by atoms with Gasteiger partial charge in [-0.1, -0.05) is 24.3 Å². The van der Waals surface area contributed by atoms with Gasteiger partial charge in [0, 0.05) is 16.9 Å². The number of nitro groups is 1. The van der Waals surface area contributed by atoms with Crippen LogP contribution in [0.3, 0.4) is 0 Å². The van der Waals surface area contributed by atoms with E-state index in [1.165, 1.54) is 0 Å². The predicted octanol–water partition coefficient (Wildman–Crippen LogP) is 1.10. The van der Waals surface area contributed by atoms with Gasteiger partial charge in [0.15, 0.2) is 0 Å². The summed E-state index contributed by atoms with van der Waals surface area (Å²) in [7, 11) is 0. The van der Waals surface area contributed by atoms with Crippen molar-refractivity contribution >= 4 is 0 Å². The molecular weight excluding hydrogens is 182 g/mol. The maximum Gasteiger partial charge on any atom is 0.270 e. The Morgan fingerprint density at radius 1 is 1.50 bits per heavy atom. The van der Waals surface area contributed by atoms with Gasteiger partial charge in [-0.2, -0.15) is 0 Å². The van der Waals surface area contributed by atoms with Crippen molar-refractivity contribution in [2.45, 2.75) is 18.4 Å². The van der Waals surface area contributed by atoms with Crippen LogP contribution in [-0.2, 0) is 12.0 Å². The fourth-order valence-corrected chi connectivity index (χ4v) is 2.08. The van der Waals surface area contributed by atoms with Crippen LogP contribution in [0.5, 0.6) is 0 Å². The van der Waals surface area contributed by atoms with Gasteiger partial charge in [0.05, 0.1) is 0 Å². The molecule has 1 aromatic rings. The highest BCUT2D eigenvalue weighted by Crippen LogP contribution is 2.38. The lowest BCUT2D eigenvalue weighted by Crippen LogP contribution is -2.36. The van der Waals surface area contributed by atoms with E-state index in [1.54, 1.807) is 12.1 Å². The van der Waals surface area contributed by atoms with Crippen LogP contribution in [0.15, 0.2) is 24.3 Å². The molecule has 14 heavy (non-hydrogen) atoms. The van der Waals surface area contributed by atoms with Crippen LogP contribution >= 0.6 is 0 Å². The summed E-state index contributed by atoms with van der Waals surface area (Å²) < 4.78 is 0. The number of benzene rings is 1. The van der Waals surface area contributed by atoms with Crippen molar-refractivity contribution in [2.75, 3.05) is 6.61 Å². The minimum atomic E-state index is -1.25. The van der Waals surface area contributed by atoms with Crippen molar-refractivity contribution in [3.63, 3.8) is 0 Å². The maximum absolute atomic E-state index is 11.0. The van der Waals surface area contributed by atoms with Crippen LogP contribution < -0.4 is 0 Å². The highest BCUT2D eigenvalue weighted by Gasteiger charge is 2.49. The van der Waals surface area contributed by atoms with Crippen LogP contribution in [-0.4, -0.2) is 16.6 Å². The van der Waals surface area contributed by atoms with Crippen molar-refractivity contribution in [3.8, 4) is 0 Å². The van der Waals surface area contributed by atoms with Gasteiger partial charge in [0.1, 0.15) is 6.61 Å². The van der Waals surface area contributed by atoms with E-state index >= 15 is 0 Å². The third-order valence-electron chi connectivity index (χ3n) is 2.94. The molecule has 0 aliphatic heterocycles. The lowest BCUT2D eigenvalue weighted by atomic mass is 9.94. The molecule has 0 fully saturated rings. The second-order valence-corrected chi connectivity index (χ2v) is 3.60.